The number of benzene rings is 1. The summed E-state index contributed by atoms with van der Waals surface area (Å²) in [4.78, 5) is 4.14. The van der Waals surface area contributed by atoms with Crippen molar-refractivity contribution in [3.05, 3.63) is 53.3 Å². The van der Waals surface area contributed by atoms with Gasteiger partial charge in [0.15, 0.2) is 0 Å². The lowest BCUT2D eigenvalue weighted by molar-refractivity contribution is 0.195. The van der Waals surface area contributed by atoms with Gasteiger partial charge in [-0.25, -0.2) is 0 Å². The number of aliphatic hydroxyl groups is 1. The number of hydrogen-bond acceptors (Lipinski definition) is 4. The highest BCUT2D eigenvalue weighted by Gasteiger charge is 2.12. The van der Waals surface area contributed by atoms with Gasteiger partial charge in [0.25, 0.3) is 0 Å². The summed E-state index contributed by atoms with van der Waals surface area (Å²) >= 11 is 0. The topological polar surface area (TPSA) is 66.1 Å². The third-order valence-electron chi connectivity index (χ3n) is 2.77. The summed E-state index contributed by atoms with van der Waals surface area (Å²) in [5, 5.41) is 18.7. The van der Waals surface area contributed by atoms with Crippen LogP contribution in [0.15, 0.2) is 36.5 Å². The zero-order chi connectivity index (χ0) is 13.8. The van der Waals surface area contributed by atoms with Gasteiger partial charge >= 0.3 is 0 Å². The molecular formula is C15H14N2O2. The van der Waals surface area contributed by atoms with Gasteiger partial charge < -0.3 is 9.84 Å². The van der Waals surface area contributed by atoms with Gasteiger partial charge in [-0.15, -0.1) is 0 Å². The number of aliphatic hydroxyl groups excluding tert-OH is 1. The first-order chi connectivity index (χ1) is 9.11. The van der Waals surface area contributed by atoms with Crippen molar-refractivity contribution < 1.29 is 9.84 Å². The maximum absolute atomic E-state index is 9.74. The normalized spacial score (nSPS) is 11.7. The summed E-state index contributed by atoms with van der Waals surface area (Å²) in [7, 11) is 0. The molecule has 96 valence electrons. The Bertz CT molecular complexity index is 630. The van der Waals surface area contributed by atoms with E-state index in [4.69, 9.17) is 10.00 Å². The molecule has 1 unspecified atom stereocenters. The molecule has 0 aliphatic heterocycles. The van der Waals surface area contributed by atoms with Crippen molar-refractivity contribution in [1.82, 2.24) is 4.98 Å². The molecule has 1 aromatic heterocycles. The third kappa shape index (κ3) is 2.90. The van der Waals surface area contributed by atoms with Crippen LogP contribution in [0.1, 0.15) is 29.8 Å². The molecule has 4 heteroatoms. The monoisotopic (exact) mass is 254 g/mol. The molecule has 0 bridgehead atoms. The van der Waals surface area contributed by atoms with Crippen LogP contribution in [0.3, 0.4) is 0 Å². The smallest absolute Gasteiger partial charge is 0.148 e. The maximum Gasteiger partial charge on any atom is 0.148 e. The predicted octanol–water partition coefficient (Wildman–Crippen LogP) is 3.11. The molecule has 1 atom stereocenters. The number of rotatable bonds is 3. The number of nitriles is 1. The second kappa shape index (κ2) is 5.51. The van der Waals surface area contributed by atoms with Crippen molar-refractivity contribution >= 4 is 0 Å². The van der Waals surface area contributed by atoms with Crippen molar-refractivity contribution in [2.75, 3.05) is 0 Å². The third-order valence-corrected chi connectivity index (χ3v) is 2.77. The molecule has 0 aliphatic rings. The van der Waals surface area contributed by atoms with Gasteiger partial charge in [-0.2, -0.15) is 5.26 Å². The molecule has 0 saturated carbocycles. The quantitative estimate of drug-likeness (QED) is 0.913. The summed E-state index contributed by atoms with van der Waals surface area (Å²) in [6, 6.07) is 10.6. The molecule has 2 rings (SSSR count). The van der Waals surface area contributed by atoms with Crippen LogP contribution in [-0.2, 0) is 0 Å². The zero-order valence-electron chi connectivity index (χ0n) is 10.8. The van der Waals surface area contributed by atoms with Crippen LogP contribution in [0.4, 0.5) is 0 Å². The Morgan fingerprint density at radius 3 is 2.74 bits per heavy atom. The van der Waals surface area contributed by atoms with Crippen LogP contribution >= 0.6 is 0 Å². The minimum atomic E-state index is -0.667. The van der Waals surface area contributed by atoms with Crippen molar-refractivity contribution in [3.63, 3.8) is 0 Å². The van der Waals surface area contributed by atoms with Crippen LogP contribution in [0.25, 0.3) is 0 Å². The zero-order valence-corrected chi connectivity index (χ0v) is 10.8. The number of pyridine rings is 1. The Labute approximate surface area is 111 Å². The fourth-order valence-corrected chi connectivity index (χ4v) is 1.73. The van der Waals surface area contributed by atoms with E-state index in [0.29, 0.717) is 22.6 Å². The van der Waals surface area contributed by atoms with E-state index in [0.717, 1.165) is 5.69 Å². The van der Waals surface area contributed by atoms with E-state index in [1.165, 1.54) is 0 Å². The maximum atomic E-state index is 9.74. The van der Waals surface area contributed by atoms with Crippen molar-refractivity contribution in [2.24, 2.45) is 0 Å². The van der Waals surface area contributed by atoms with Crippen LogP contribution in [0, 0.1) is 18.3 Å². The van der Waals surface area contributed by atoms with E-state index >= 15 is 0 Å². The molecule has 0 aliphatic carbocycles. The SMILES string of the molecule is Cc1ncccc1Oc1cc(C#N)ccc1C(C)O. The number of ether oxygens (including phenoxy) is 1. The first-order valence-electron chi connectivity index (χ1n) is 5.93. The first-order valence-corrected chi connectivity index (χ1v) is 5.93. The molecule has 0 fully saturated rings. The molecular weight excluding hydrogens is 240 g/mol. The van der Waals surface area contributed by atoms with Gasteiger partial charge in [-0.3, -0.25) is 4.98 Å². The van der Waals surface area contributed by atoms with E-state index in [-0.39, 0.29) is 0 Å². The number of hydrogen-bond donors (Lipinski definition) is 1. The van der Waals surface area contributed by atoms with Crippen LogP contribution < -0.4 is 4.74 Å². The highest BCUT2D eigenvalue weighted by Crippen LogP contribution is 2.31. The van der Waals surface area contributed by atoms with Gasteiger partial charge in [0.05, 0.1) is 23.4 Å². The largest absolute Gasteiger partial charge is 0.455 e. The molecule has 0 amide bonds. The highest BCUT2D eigenvalue weighted by atomic mass is 16.5. The Morgan fingerprint density at radius 1 is 1.32 bits per heavy atom. The van der Waals surface area contributed by atoms with Crippen LogP contribution in [0.5, 0.6) is 11.5 Å². The lowest BCUT2D eigenvalue weighted by Crippen LogP contribution is -1.98. The van der Waals surface area contributed by atoms with Crippen LogP contribution in [0.2, 0.25) is 0 Å². The molecule has 1 N–H and O–H groups in total. The van der Waals surface area contributed by atoms with Crippen molar-refractivity contribution in [1.29, 1.82) is 5.26 Å². The number of nitrogens with zero attached hydrogens (tertiary/aromatic N) is 2. The standard InChI is InChI=1S/C15H14N2O2/c1-10-14(4-3-7-17-10)19-15-8-12(9-16)5-6-13(15)11(2)18/h3-8,11,18H,1-2H3. The van der Waals surface area contributed by atoms with E-state index in [1.54, 1.807) is 43.5 Å². The second-order valence-electron chi connectivity index (χ2n) is 4.23. The van der Waals surface area contributed by atoms with Gasteiger partial charge in [-0.1, -0.05) is 6.07 Å². The van der Waals surface area contributed by atoms with Gasteiger partial charge in [-0.05, 0) is 38.1 Å². The lowest BCUT2D eigenvalue weighted by atomic mass is 10.1. The summed E-state index contributed by atoms with van der Waals surface area (Å²) in [6.45, 7) is 3.50. The highest BCUT2D eigenvalue weighted by molar-refractivity contribution is 5.46. The fraction of sp³-hybridized carbons (Fsp3) is 0.200. The molecule has 1 heterocycles. The molecule has 0 saturated heterocycles. The second-order valence-corrected chi connectivity index (χ2v) is 4.23. The summed E-state index contributed by atoms with van der Waals surface area (Å²) in [5.74, 6) is 1.09. The minimum absolute atomic E-state index is 0.477. The van der Waals surface area contributed by atoms with E-state index in [2.05, 4.69) is 11.1 Å². The van der Waals surface area contributed by atoms with Gasteiger partial charge in [0, 0.05) is 11.8 Å². The lowest BCUT2D eigenvalue weighted by Gasteiger charge is -2.14. The Balaban J connectivity index is 2.44. The number of aromatic nitrogens is 1. The molecule has 19 heavy (non-hydrogen) atoms. The molecule has 2 aromatic rings. The van der Waals surface area contributed by atoms with Gasteiger partial charge in [0.2, 0.25) is 0 Å². The summed E-state index contributed by atoms with van der Waals surface area (Å²) in [5.41, 5.74) is 1.88. The first kappa shape index (κ1) is 13.1. The van der Waals surface area contributed by atoms with Crippen LogP contribution in [-0.4, -0.2) is 10.1 Å². The fourth-order valence-electron chi connectivity index (χ4n) is 1.73. The van der Waals surface area contributed by atoms with Crippen molar-refractivity contribution in [2.45, 2.75) is 20.0 Å². The predicted molar refractivity (Wildman–Crippen MR) is 70.8 cm³/mol. The Kier molecular flexibility index (Phi) is 3.79. The molecule has 4 nitrogen and oxygen atoms in total. The molecule has 1 aromatic carbocycles. The summed E-state index contributed by atoms with van der Waals surface area (Å²) < 4.78 is 5.77. The Morgan fingerprint density at radius 2 is 2.11 bits per heavy atom. The number of aryl methyl sites for hydroxylation is 1. The van der Waals surface area contributed by atoms with Gasteiger partial charge in [0.1, 0.15) is 11.5 Å². The average molecular weight is 254 g/mol. The molecule has 0 spiro atoms. The van der Waals surface area contributed by atoms with E-state index in [9.17, 15) is 5.11 Å². The Hall–Kier alpha value is -2.38. The molecule has 0 radical (unpaired) electrons. The summed E-state index contributed by atoms with van der Waals surface area (Å²) in [6.07, 6.45) is 1.02. The van der Waals surface area contributed by atoms with E-state index < -0.39 is 6.10 Å². The minimum Gasteiger partial charge on any atom is -0.455 e. The van der Waals surface area contributed by atoms with Crippen molar-refractivity contribution in [3.8, 4) is 17.6 Å². The van der Waals surface area contributed by atoms with E-state index in [1.807, 2.05) is 6.92 Å². The average Bonchev–Trinajstić information content (AvgIpc) is 2.41.